The van der Waals surface area contributed by atoms with Crippen LogP contribution in [0.15, 0.2) is 48.5 Å². The Morgan fingerprint density at radius 1 is 1.17 bits per heavy atom. The fourth-order valence-electron chi connectivity index (χ4n) is 2.40. The first-order valence-electron chi connectivity index (χ1n) is 7.77. The number of hydrogen-bond donors (Lipinski definition) is 1. The summed E-state index contributed by atoms with van der Waals surface area (Å²) >= 11 is 0. The molecule has 0 spiro atoms. The Kier molecular flexibility index (Phi) is 5.88. The summed E-state index contributed by atoms with van der Waals surface area (Å²) in [5.41, 5.74) is 2.88. The fourth-order valence-corrected chi connectivity index (χ4v) is 2.40. The number of carbonyl (C=O) groups excluding carboxylic acids is 1. The molecule has 0 saturated heterocycles. The second kappa shape index (κ2) is 7.88. The van der Waals surface area contributed by atoms with Crippen molar-refractivity contribution in [1.29, 1.82) is 0 Å². The van der Waals surface area contributed by atoms with E-state index < -0.39 is 0 Å². The van der Waals surface area contributed by atoms with Gasteiger partial charge in [0, 0.05) is 12.2 Å². The normalized spacial score (nSPS) is 11.0. The highest BCUT2D eigenvalue weighted by Gasteiger charge is 2.08. The lowest BCUT2D eigenvalue weighted by molar-refractivity contribution is -0.117. The second-order valence-corrected chi connectivity index (χ2v) is 6.13. The molecule has 0 atom stereocenters. The van der Waals surface area contributed by atoms with E-state index in [1.807, 2.05) is 42.3 Å². The Bertz CT molecular complexity index is 653. The van der Waals surface area contributed by atoms with Crippen LogP contribution in [0.2, 0.25) is 0 Å². The van der Waals surface area contributed by atoms with Gasteiger partial charge in [-0.3, -0.25) is 9.69 Å². The fraction of sp³-hybridized carbons (Fsp3) is 0.316. The molecule has 3 nitrogen and oxygen atoms in total. The minimum absolute atomic E-state index is 0.0822. The van der Waals surface area contributed by atoms with E-state index >= 15 is 0 Å². The number of halogens is 1. The summed E-state index contributed by atoms with van der Waals surface area (Å²) < 4.78 is 13.2. The molecule has 0 fully saturated rings. The number of likely N-dealkylation sites (N-methyl/N-ethyl adjacent to an activating group) is 1. The molecule has 2 aromatic rings. The van der Waals surface area contributed by atoms with Crippen molar-refractivity contribution in [2.75, 3.05) is 18.9 Å². The van der Waals surface area contributed by atoms with E-state index in [-0.39, 0.29) is 18.3 Å². The standard InChI is InChI=1S/C19H23FN2O/c1-14(2)16-7-9-18(10-8-16)21-19(23)13-22(3)12-15-5-4-6-17(20)11-15/h4-11,14H,12-13H2,1-3H3,(H,21,23). The number of amides is 1. The van der Waals surface area contributed by atoms with Gasteiger partial charge < -0.3 is 5.32 Å². The number of nitrogens with one attached hydrogen (secondary N) is 1. The molecule has 2 aromatic carbocycles. The van der Waals surface area contributed by atoms with E-state index in [9.17, 15) is 9.18 Å². The molecule has 0 saturated carbocycles. The van der Waals surface area contributed by atoms with Crippen molar-refractivity contribution in [3.63, 3.8) is 0 Å². The number of benzene rings is 2. The van der Waals surface area contributed by atoms with Gasteiger partial charge in [-0.15, -0.1) is 0 Å². The third-order valence-electron chi connectivity index (χ3n) is 3.62. The minimum atomic E-state index is -0.259. The summed E-state index contributed by atoms with van der Waals surface area (Å²) in [5, 5.41) is 2.88. The monoisotopic (exact) mass is 314 g/mol. The molecule has 0 heterocycles. The summed E-state index contributed by atoms with van der Waals surface area (Å²) in [5.74, 6) is 0.129. The van der Waals surface area contributed by atoms with Crippen molar-refractivity contribution in [2.24, 2.45) is 0 Å². The molecule has 4 heteroatoms. The maximum absolute atomic E-state index is 13.2. The Balaban J connectivity index is 1.86. The zero-order valence-electron chi connectivity index (χ0n) is 13.8. The molecule has 0 aliphatic carbocycles. The van der Waals surface area contributed by atoms with Crippen LogP contribution in [0.5, 0.6) is 0 Å². The third-order valence-corrected chi connectivity index (χ3v) is 3.62. The number of carbonyl (C=O) groups is 1. The number of anilines is 1. The summed E-state index contributed by atoms with van der Waals surface area (Å²) in [4.78, 5) is 13.9. The average molecular weight is 314 g/mol. The van der Waals surface area contributed by atoms with E-state index in [1.165, 1.54) is 17.7 Å². The molecule has 23 heavy (non-hydrogen) atoms. The molecule has 0 aliphatic rings. The van der Waals surface area contributed by atoms with E-state index in [0.29, 0.717) is 12.5 Å². The van der Waals surface area contributed by atoms with Crippen LogP contribution in [-0.4, -0.2) is 24.4 Å². The van der Waals surface area contributed by atoms with Crippen LogP contribution in [0.3, 0.4) is 0 Å². The molecular formula is C19H23FN2O. The topological polar surface area (TPSA) is 32.3 Å². The Morgan fingerprint density at radius 3 is 2.48 bits per heavy atom. The van der Waals surface area contributed by atoms with Gasteiger partial charge in [-0.25, -0.2) is 4.39 Å². The lowest BCUT2D eigenvalue weighted by Crippen LogP contribution is -2.29. The summed E-state index contributed by atoms with van der Waals surface area (Å²) in [7, 11) is 1.84. The van der Waals surface area contributed by atoms with E-state index in [4.69, 9.17) is 0 Å². The van der Waals surface area contributed by atoms with Crippen LogP contribution in [0.1, 0.15) is 30.9 Å². The maximum Gasteiger partial charge on any atom is 0.238 e. The van der Waals surface area contributed by atoms with Crippen molar-refractivity contribution < 1.29 is 9.18 Å². The van der Waals surface area contributed by atoms with Crippen LogP contribution in [0, 0.1) is 5.82 Å². The largest absolute Gasteiger partial charge is 0.325 e. The highest BCUT2D eigenvalue weighted by molar-refractivity contribution is 5.92. The Morgan fingerprint density at radius 2 is 1.87 bits per heavy atom. The maximum atomic E-state index is 13.2. The molecular weight excluding hydrogens is 291 g/mol. The van der Waals surface area contributed by atoms with Crippen LogP contribution in [0.25, 0.3) is 0 Å². The van der Waals surface area contributed by atoms with Gasteiger partial charge in [0.05, 0.1) is 6.54 Å². The van der Waals surface area contributed by atoms with Crippen molar-refractivity contribution in [2.45, 2.75) is 26.3 Å². The van der Waals surface area contributed by atoms with E-state index in [1.54, 1.807) is 6.07 Å². The van der Waals surface area contributed by atoms with Gasteiger partial charge in [-0.2, -0.15) is 0 Å². The first-order chi connectivity index (χ1) is 10.9. The van der Waals surface area contributed by atoms with Gasteiger partial charge in [0.2, 0.25) is 5.91 Å². The molecule has 0 aromatic heterocycles. The van der Waals surface area contributed by atoms with Crippen molar-refractivity contribution in [1.82, 2.24) is 4.90 Å². The average Bonchev–Trinajstić information content (AvgIpc) is 2.47. The predicted molar refractivity (Wildman–Crippen MR) is 91.9 cm³/mol. The van der Waals surface area contributed by atoms with Gasteiger partial charge in [0.15, 0.2) is 0 Å². The van der Waals surface area contributed by atoms with Gasteiger partial charge in [0.25, 0.3) is 0 Å². The Hall–Kier alpha value is -2.20. The summed E-state index contributed by atoms with van der Waals surface area (Å²) in [6.45, 7) is 5.05. The quantitative estimate of drug-likeness (QED) is 0.873. The van der Waals surface area contributed by atoms with Crippen molar-refractivity contribution in [3.05, 3.63) is 65.5 Å². The van der Waals surface area contributed by atoms with E-state index in [0.717, 1.165) is 11.3 Å². The van der Waals surface area contributed by atoms with Crippen molar-refractivity contribution in [3.8, 4) is 0 Å². The highest BCUT2D eigenvalue weighted by Crippen LogP contribution is 2.17. The third kappa shape index (κ3) is 5.49. The number of nitrogens with zero attached hydrogens (tertiary/aromatic N) is 1. The molecule has 1 amide bonds. The van der Waals surface area contributed by atoms with Gasteiger partial charge in [-0.1, -0.05) is 38.1 Å². The molecule has 0 bridgehead atoms. The predicted octanol–water partition coefficient (Wildman–Crippen LogP) is 4.02. The smallest absolute Gasteiger partial charge is 0.238 e. The first kappa shape index (κ1) is 17.2. The number of hydrogen-bond acceptors (Lipinski definition) is 2. The molecule has 122 valence electrons. The SMILES string of the molecule is CC(C)c1ccc(NC(=O)CN(C)Cc2cccc(F)c2)cc1. The van der Waals surface area contributed by atoms with Crippen LogP contribution in [-0.2, 0) is 11.3 Å². The number of rotatable bonds is 6. The van der Waals surface area contributed by atoms with Crippen LogP contribution in [0.4, 0.5) is 10.1 Å². The zero-order valence-corrected chi connectivity index (χ0v) is 13.8. The molecule has 0 unspecified atom stereocenters. The van der Waals surface area contributed by atoms with Crippen LogP contribution >= 0.6 is 0 Å². The lowest BCUT2D eigenvalue weighted by atomic mass is 10.0. The Labute approximate surface area is 137 Å². The zero-order chi connectivity index (χ0) is 16.8. The van der Waals surface area contributed by atoms with Gasteiger partial charge >= 0.3 is 0 Å². The lowest BCUT2D eigenvalue weighted by Gasteiger charge is -2.16. The minimum Gasteiger partial charge on any atom is -0.325 e. The van der Waals surface area contributed by atoms with Gasteiger partial charge in [0.1, 0.15) is 5.82 Å². The highest BCUT2D eigenvalue weighted by atomic mass is 19.1. The summed E-state index contributed by atoms with van der Waals surface area (Å²) in [6.07, 6.45) is 0. The molecule has 1 N–H and O–H groups in total. The van der Waals surface area contributed by atoms with E-state index in [2.05, 4.69) is 19.2 Å². The second-order valence-electron chi connectivity index (χ2n) is 6.13. The van der Waals surface area contributed by atoms with Gasteiger partial charge in [-0.05, 0) is 48.4 Å². The van der Waals surface area contributed by atoms with Crippen LogP contribution < -0.4 is 5.32 Å². The summed E-state index contributed by atoms with van der Waals surface area (Å²) in [6, 6.07) is 14.3. The van der Waals surface area contributed by atoms with Crippen molar-refractivity contribution >= 4 is 11.6 Å². The molecule has 2 rings (SSSR count). The molecule has 0 aliphatic heterocycles. The first-order valence-corrected chi connectivity index (χ1v) is 7.77. The molecule has 0 radical (unpaired) electrons.